The Morgan fingerprint density at radius 2 is 2.22 bits per heavy atom. The van der Waals surface area contributed by atoms with Crippen LogP contribution in [0.3, 0.4) is 0 Å². The van der Waals surface area contributed by atoms with Crippen LogP contribution in [-0.2, 0) is 14.3 Å². The van der Waals surface area contributed by atoms with E-state index >= 15 is 0 Å². The fraction of sp³-hybridized carbons (Fsp3) is 0.500. The van der Waals surface area contributed by atoms with Crippen molar-refractivity contribution in [3.63, 3.8) is 0 Å². The first-order valence-electron chi connectivity index (χ1n) is 7.74. The van der Waals surface area contributed by atoms with Gasteiger partial charge in [-0.2, -0.15) is 0 Å². The molecule has 0 radical (unpaired) electrons. The zero-order valence-corrected chi connectivity index (χ0v) is 13.0. The van der Waals surface area contributed by atoms with E-state index in [0.29, 0.717) is 26.1 Å². The molecular weight excluding hydrogens is 301 g/mol. The zero-order valence-electron chi connectivity index (χ0n) is 13.0. The number of hydrogen-bond donors (Lipinski definition) is 1. The van der Waals surface area contributed by atoms with Gasteiger partial charge in [0.15, 0.2) is 0 Å². The van der Waals surface area contributed by atoms with E-state index in [1.54, 1.807) is 25.2 Å². The average molecular weight is 321 g/mol. The number of likely N-dealkylation sites (N-methyl/N-ethyl adjacent to an activating group) is 1. The molecule has 0 spiro atoms. The Kier molecular flexibility index (Phi) is 4.58. The molecule has 2 saturated heterocycles. The van der Waals surface area contributed by atoms with Gasteiger partial charge in [0.05, 0.1) is 12.3 Å². The Balaban J connectivity index is 1.71. The maximum absolute atomic E-state index is 13.9. The van der Waals surface area contributed by atoms with Gasteiger partial charge in [-0.05, 0) is 18.6 Å². The van der Waals surface area contributed by atoms with Crippen LogP contribution in [0.15, 0.2) is 24.3 Å². The highest BCUT2D eigenvalue weighted by atomic mass is 19.1. The molecular formula is C16H20FN3O3. The minimum Gasteiger partial charge on any atom is -0.366 e. The number of carbonyl (C=O) groups excluding carboxylic acids is 2. The van der Waals surface area contributed by atoms with Crippen LogP contribution in [0.25, 0.3) is 0 Å². The molecule has 0 bridgehead atoms. The van der Waals surface area contributed by atoms with Crippen molar-refractivity contribution in [1.29, 1.82) is 0 Å². The van der Waals surface area contributed by atoms with Crippen LogP contribution >= 0.6 is 0 Å². The lowest BCUT2D eigenvalue weighted by Gasteiger charge is -2.30. The molecule has 23 heavy (non-hydrogen) atoms. The summed E-state index contributed by atoms with van der Waals surface area (Å²) in [5.41, 5.74) is 0.261. The average Bonchev–Trinajstić information content (AvgIpc) is 2.96. The lowest BCUT2D eigenvalue weighted by Crippen LogP contribution is -2.52. The summed E-state index contributed by atoms with van der Waals surface area (Å²) in [5, 5.41) is 3.10. The monoisotopic (exact) mass is 321 g/mol. The Hall–Kier alpha value is -1.99. The van der Waals surface area contributed by atoms with E-state index in [1.807, 2.05) is 0 Å². The van der Waals surface area contributed by atoms with Crippen molar-refractivity contribution in [2.24, 2.45) is 0 Å². The highest BCUT2D eigenvalue weighted by molar-refractivity contribution is 6.01. The van der Waals surface area contributed by atoms with Crippen LogP contribution in [0.4, 0.5) is 10.1 Å². The second-order valence-corrected chi connectivity index (χ2v) is 5.76. The van der Waals surface area contributed by atoms with Gasteiger partial charge in [0.2, 0.25) is 5.91 Å². The third-order valence-corrected chi connectivity index (χ3v) is 4.34. The summed E-state index contributed by atoms with van der Waals surface area (Å²) in [4.78, 5) is 27.9. The zero-order chi connectivity index (χ0) is 16.4. The van der Waals surface area contributed by atoms with Crippen molar-refractivity contribution < 1.29 is 18.7 Å². The maximum Gasteiger partial charge on any atom is 0.253 e. The lowest BCUT2D eigenvalue weighted by molar-refractivity contribution is -0.148. The summed E-state index contributed by atoms with van der Waals surface area (Å²) in [7, 11) is 1.60. The van der Waals surface area contributed by atoms with Gasteiger partial charge in [-0.1, -0.05) is 12.1 Å². The molecule has 6 nitrogen and oxygen atoms in total. The third kappa shape index (κ3) is 3.07. The largest absolute Gasteiger partial charge is 0.366 e. The predicted molar refractivity (Wildman–Crippen MR) is 82.5 cm³/mol. The van der Waals surface area contributed by atoms with Crippen LogP contribution in [0, 0.1) is 5.82 Å². The normalized spacial score (nSPS) is 24.8. The Morgan fingerprint density at radius 3 is 2.91 bits per heavy atom. The van der Waals surface area contributed by atoms with Gasteiger partial charge < -0.3 is 19.9 Å². The van der Waals surface area contributed by atoms with Crippen molar-refractivity contribution in [2.75, 3.05) is 38.2 Å². The number of benzene rings is 1. The quantitative estimate of drug-likeness (QED) is 0.874. The van der Waals surface area contributed by atoms with Crippen LogP contribution in [0.1, 0.15) is 6.42 Å². The van der Waals surface area contributed by atoms with E-state index in [4.69, 9.17) is 4.74 Å². The molecule has 124 valence electrons. The number of hydrogen-bond acceptors (Lipinski definition) is 4. The van der Waals surface area contributed by atoms with Crippen molar-refractivity contribution in [2.45, 2.75) is 18.6 Å². The summed E-state index contributed by atoms with van der Waals surface area (Å²) in [6, 6.07) is 5.60. The molecule has 3 rings (SSSR count). The highest BCUT2D eigenvalue weighted by Gasteiger charge is 2.40. The van der Waals surface area contributed by atoms with Crippen LogP contribution in [0.2, 0.25) is 0 Å². The summed E-state index contributed by atoms with van der Waals surface area (Å²) in [6.45, 7) is 2.04. The van der Waals surface area contributed by atoms with Crippen LogP contribution in [0.5, 0.6) is 0 Å². The smallest absolute Gasteiger partial charge is 0.253 e. The SMILES string of the molecule is CN(C(=O)[C@@H]1CNCCO1)[C@H]1CCN(c2ccccc2F)C1=O. The first-order valence-corrected chi connectivity index (χ1v) is 7.74. The molecule has 1 aromatic carbocycles. The molecule has 2 heterocycles. The fourth-order valence-corrected chi connectivity index (χ4v) is 3.04. The Labute approximate surface area is 134 Å². The molecule has 2 aliphatic rings. The van der Waals surface area contributed by atoms with E-state index < -0.39 is 18.0 Å². The number of morpholine rings is 1. The first kappa shape index (κ1) is 15.9. The van der Waals surface area contributed by atoms with Crippen LogP contribution < -0.4 is 10.2 Å². The number of rotatable bonds is 3. The minimum absolute atomic E-state index is 0.217. The topological polar surface area (TPSA) is 61.9 Å². The van der Waals surface area contributed by atoms with Crippen molar-refractivity contribution in [3.05, 3.63) is 30.1 Å². The predicted octanol–water partition coefficient (Wildman–Crippen LogP) is 0.378. The van der Waals surface area contributed by atoms with Gasteiger partial charge in [-0.15, -0.1) is 0 Å². The van der Waals surface area contributed by atoms with Gasteiger partial charge in [0.25, 0.3) is 5.91 Å². The highest BCUT2D eigenvalue weighted by Crippen LogP contribution is 2.26. The van der Waals surface area contributed by atoms with Crippen molar-refractivity contribution in [1.82, 2.24) is 10.2 Å². The van der Waals surface area contributed by atoms with Gasteiger partial charge in [-0.3, -0.25) is 9.59 Å². The molecule has 2 atom stereocenters. The number of para-hydroxylation sites is 1. The standard InChI is InChI=1S/C16H20FN3O3/c1-19(16(22)14-10-18-7-9-23-14)13-6-8-20(15(13)21)12-5-3-2-4-11(12)17/h2-5,13-14,18H,6-10H2,1H3/t13-,14-/m0/s1. The van der Waals surface area contributed by atoms with E-state index in [1.165, 1.54) is 15.9 Å². The number of nitrogens with zero attached hydrogens (tertiary/aromatic N) is 2. The van der Waals surface area contributed by atoms with Gasteiger partial charge >= 0.3 is 0 Å². The fourth-order valence-electron chi connectivity index (χ4n) is 3.04. The van der Waals surface area contributed by atoms with E-state index in [-0.39, 0.29) is 17.5 Å². The molecule has 1 aromatic rings. The summed E-state index contributed by atoms with van der Waals surface area (Å²) >= 11 is 0. The van der Waals surface area contributed by atoms with Gasteiger partial charge in [-0.25, -0.2) is 4.39 Å². The summed E-state index contributed by atoms with van der Waals surface area (Å²) < 4.78 is 19.3. The maximum atomic E-state index is 13.9. The van der Waals surface area contributed by atoms with Gasteiger partial charge in [0, 0.05) is 26.7 Å². The molecule has 2 fully saturated rings. The van der Waals surface area contributed by atoms with E-state index in [9.17, 15) is 14.0 Å². The molecule has 2 aliphatic heterocycles. The summed E-state index contributed by atoms with van der Waals surface area (Å²) in [6.07, 6.45) is -0.0840. The number of halogens is 1. The van der Waals surface area contributed by atoms with Gasteiger partial charge in [0.1, 0.15) is 18.0 Å². The molecule has 1 N–H and O–H groups in total. The second kappa shape index (κ2) is 6.64. The third-order valence-electron chi connectivity index (χ3n) is 4.34. The number of nitrogens with one attached hydrogen (secondary N) is 1. The van der Waals surface area contributed by atoms with E-state index in [0.717, 1.165) is 6.54 Å². The van der Waals surface area contributed by atoms with Crippen molar-refractivity contribution >= 4 is 17.5 Å². The second-order valence-electron chi connectivity index (χ2n) is 5.76. The first-order chi connectivity index (χ1) is 11.1. The minimum atomic E-state index is -0.576. The molecule has 7 heteroatoms. The Bertz CT molecular complexity index is 604. The molecule has 0 unspecified atom stereocenters. The Morgan fingerprint density at radius 1 is 1.43 bits per heavy atom. The molecule has 0 aliphatic carbocycles. The lowest BCUT2D eigenvalue weighted by atomic mass is 10.2. The van der Waals surface area contributed by atoms with E-state index in [2.05, 4.69) is 5.32 Å². The molecule has 0 aromatic heterocycles. The summed E-state index contributed by atoms with van der Waals surface area (Å²) in [5.74, 6) is -0.907. The molecule has 2 amide bonds. The van der Waals surface area contributed by atoms with Crippen LogP contribution in [-0.4, -0.2) is 62.1 Å². The number of amides is 2. The molecule has 0 saturated carbocycles. The van der Waals surface area contributed by atoms with Crippen molar-refractivity contribution in [3.8, 4) is 0 Å². The number of carbonyl (C=O) groups is 2. The number of anilines is 1. The number of ether oxygens (including phenoxy) is 1.